The smallest absolute Gasteiger partial charge is 0.257 e. The molecular formula is C23H16ClN3OS. The van der Waals surface area contributed by atoms with Crippen LogP contribution < -0.4 is 10.6 Å². The molecule has 0 saturated heterocycles. The van der Waals surface area contributed by atoms with Crippen LogP contribution in [-0.2, 0) is 0 Å². The second kappa shape index (κ2) is 8.39. The minimum atomic E-state index is -0.277. The normalized spacial score (nSPS) is 10.5. The summed E-state index contributed by atoms with van der Waals surface area (Å²) in [5.41, 5.74) is 3.93. The number of hydrogen-bond acceptors (Lipinski definition) is 3. The lowest BCUT2D eigenvalue weighted by Crippen LogP contribution is -2.34. The van der Waals surface area contributed by atoms with Gasteiger partial charge in [0.1, 0.15) is 0 Å². The summed E-state index contributed by atoms with van der Waals surface area (Å²) in [6.45, 7) is 0. The van der Waals surface area contributed by atoms with Crippen molar-refractivity contribution in [1.29, 1.82) is 0 Å². The molecule has 1 aromatic heterocycles. The fraction of sp³-hybridized carbons (Fsp3) is 0. The van der Waals surface area contributed by atoms with E-state index >= 15 is 0 Å². The number of benzene rings is 3. The molecule has 0 unspecified atom stereocenters. The Hall–Kier alpha value is -3.28. The Labute approximate surface area is 178 Å². The van der Waals surface area contributed by atoms with Crippen molar-refractivity contribution >= 4 is 51.4 Å². The van der Waals surface area contributed by atoms with Gasteiger partial charge in [0.2, 0.25) is 0 Å². The molecule has 0 aliphatic heterocycles. The van der Waals surface area contributed by atoms with E-state index in [1.54, 1.807) is 30.5 Å². The van der Waals surface area contributed by atoms with E-state index < -0.39 is 0 Å². The molecule has 3 aromatic carbocycles. The maximum atomic E-state index is 12.4. The zero-order chi connectivity index (χ0) is 20.2. The topological polar surface area (TPSA) is 54.0 Å². The van der Waals surface area contributed by atoms with E-state index in [-0.39, 0.29) is 11.0 Å². The van der Waals surface area contributed by atoms with Crippen LogP contribution in [0.15, 0.2) is 85.1 Å². The predicted molar refractivity (Wildman–Crippen MR) is 122 cm³/mol. The zero-order valence-electron chi connectivity index (χ0n) is 15.2. The van der Waals surface area contributed by atoms with E-state index in [2.05, 4.69) is 15.6 Å². The minimum absolute atomic E-state index is 0.194. The van der Waals surface area contributed by atoms with Crippen molar-refractivity contribution in [2.75, 3.05) is 5.32 Å². The maximum Gasteiger partial charge on any atom is 0.257 e. The highest BCUT2D eigenvalue weighted by Gasteiger charge is 2.14. The summed E-state index contributed by atoms with van der Waals surface area (Å²) in [5.74, 6) is -0.277. The molecule has 6 heteroatoms. The number of carbonyl (C=O) groups excluding carboxylic acids is 1. The zero-order valence-corrected chi connectivity index (χ0v) is 16.8. The van der Waals surface area contributed by atoms with Crippen LogP contribution in [0.25, 0.3) is 22.0 Å². The Kier molecular flexibility index (Phi) is 5.51. The van der Waals surface area contributed by atoms with Crippen molar-refractivity contribution in [3.63, 3.8) is 0 Å². The Morgan fingerprint density at radius 2 is 1.62 bits per heavy atom. The number of nitrogens with zero attached hydrogens (tertiary/aromatic N) is 1. The first-order chi connectivity index (χ1) is 14.1. The van der Waals surface area contributed by atoms with Gasteiger partial charge in [-0.3, -0.25) is 15.1 Å². The molecule has 0 aliphatic rings. The summed E-state index contributed by atoms with van der Waals surface area (Å²) in [4.78, 5) is 16.9. The molecule has 142 valence electrons. The molecule has 2 N–H and O–H groups in total. The molecule has 0 fully saturated rings. The van der Waals surface area contributed by atoms with Crippen LogP contribution in [0.4, 0.5) is 5.69 Å². The van der Waals surface area contributed by atoms with Crippen LogP contribution in [0.3, 0.4) is 0 Å². The average molecular weight is 418 g/mol. The van der Waals surface area contributed by atoms with Gasteiger partial charge in [0.15, 0.2) is 5.11 Å². The third kappa shape index (κ3) is 4.26. The van der Waals surface area contributed by atoms with Gasteiger partial charge in [-0.1, -0.05) is 60.1 Å². The third-order valence-electron chi connectivity index (χ3n) is 4.40. The molecule has 1 amide bonds. The van der Waals surface area contributed by atoms with Crippen molar-refractivity contribution < 1.29 is 4.79 Å². The Morgan fingerprint density at radius 3 is 2.34 bits per heavy atom. The highest BCUT2D eigenvalue weighted by Crippen LogP contribution is 2.35. The molecular weight excluding hydrogens is 402 g/mol. The number of fused-ring (bicyclic) bond motifs is 1. The van der Waals surface area contributed by atoms with Gasteiger partial charge in [-0.15, -0.1) is 0 Å². The highest BCUT2D eigenvalue weighted by molar-refractivity contribution is 7.80. The van der Waals surface area contributed by atoms with Crippen LogP contribution in [-0.4, -0.2) is 16.0 Å². The van der Waals surface area contributed by atoms with E-state index in [1.807, 2.05) is 54.6 Å². The first-order valence-corrected chi connectivity index (χ1v) is 9.71. The molecule has 29 heavy (non-hydrogen) atoms. The van der Waals surface area contributed by atoms with Crippen molar-refractivity contribution in [2.45, 2.75) is 0 Å². The summed E-state index contributed by atoms with van der Waals surface area (Å²) in [5, 5.41) is 7.53. The standard InChI is InChI=1S/C23H16ClN3OS/c24-17-11-12-19-18(13-17)21(15-7-3-1-4-8-15)20(14-25-19)26-23(29)27-22(28)16-9-5-2-6-10-16/h1-14H,(H2,26,27,28,29). The van der Waals surface area contributed by atoms with Crippen molar-refractivity contribution in [3.05, 3.63) is 95.6 Å². The minimum Gasteiger partial charge on any atom is -0.331 e. The quantitative estimate of drug-likeness (QED) is 0.421. The van der Waals surface area contributed by atoms with Gasteiger partial charge in [-0.2, -0.15) is 0 Å². The van der Waals surface area contributed by atoms with Gasteiger partial charge in [0, 0.05) is 21.5 Å². The van der Waals surface area contributed by atoms with Crippen LogP contribution in [0.1, 0.15) is 10.4 Å². The molecule has 1 heterocycles. The molecule has 0 bridgehead atoms. The number of aromatic nitrogens is 1. The van der Waals surface area contributed by atoms with Crippen LogP contribution in [0, 0.1) is 0 Å². The first kappa shape index (κ1) is 19.1. The number of carbonyl (C=O) groups is 1. The van der Waals surface area contributed by atoms with Gasteiger partial charge in [-0.05, 0) is 48.1 Å². The number of rotatable bonds is 3. The van der Waals surface area contributed by atoms with Crippen molar-refractivity contribution in [3.8, 4) is 11.1 Å². The molecule has 0 radical (unpaired) electrons. The number of nitrogens with one attached hydrogen (secondary N) is 2. The molecule has 0 atom stereocenters. The lowest BCUT2D eigenvalue weighted by Gasteiger charge is -2.16. The summed E-state index contributed by atoms with van der Waals surface area (Å²) in [6, 6.07) is 24.4. The van der Waals surface area contributed by atoms with Crippen LogP contribution in [0.5, 0.6) is 0 Å². The van der Waals surface area contributed by atoms with E-state index in [0.717, 1.165) is 22.0 Å². The molecule has 4 aromatic rings. The molecule has 4 nitrogen and oxygen atoms in total. The summed E-state index contributed by atoms with van der Waals surface area (Å²) < 4.78 is 0. The number of amides is 1. The average Bonchev–Trinajstić information content (AvgIpc) is 2.74. The van der Waals surface area contributed by atoms with Gasteiger partial charge in [0.05, 0.1) is 17.4 Å². The number of hydrogen-bond donors (Lipinski definition) is 2. The van der Waals surface area contributed by atoms with E-state index in [0.29, 0.717) is 16.3 Å². The second-order valence-corrected chi connectivity index (χ2v) is 7.19. The first-order valence-electron chi connectivity index (χ1n) is 8.93. The largest absolute Gasteiger partial charge is 0.331 e. The van der Waals surface area contributed by atoms with Gasteiger partial charge >= 0.3 is 0 Å². The Balaban J connectivity index is 1.70. The number of halogens is 1. The third-order valence-corrected chi connectivity index (χ3v) is 4.84. The molecule has 0 saturated carbocycles. The van der Waals surface area contributed by atoms with E-state index in [9.17, 15) is 4.79 Å². The lowest BCUT2D eigenvalue weighted by atomic mass is 9.99. The fourth-order valence-electron chi connectivity index (χ4n) is 3.09. The number of thiocarbonyl (C=S) groups is 1. The summed E-state index contributed by atoms with van der Waals surface area (Å²) in [7, 11) is 0. The van der Waals surface area contributed by atoms with Crippen LogP contribution in [0.2, 0.25) is 5.02 Å². The number of pyridine rings is 1. The number of anilines is 1. The predicted octanol–water partition coefficient (Wildman–Crippen LogP) is 5.68. The molecule has 0 aliphatic carbocycles. The molecule has 4 rings (SSSR count). The van der Waals surface area contributed by atoms with Crippen LogP contribution >= 0.6 is 23.8 Å². The summed E-state index contributed by atoms with van der Waals surface area (Å²) >= 11 is 11.6. The van der Waals surface area contributed by atoms with E-state index in [4.69, 9.17) is 23.8 Å². The monoisotopic (exact) mass is 417 g/mol. The Bertz CT molecular complexity index is 1200. The van der Waals surface area contributed by atoms with Crippen molar-refractivity contribution in [2.24, 2.45) is 0 Å². The van der Waals surface area contributed by atoms with Gasteiger partial charge in [0.25, 0.3) is 5.91 Å². The van der Waals surface area contributed by atoms with Gasteiger partial charge in [-0.25, -0.2) is 0 Å². The molecule has 0 spiro atoms. The SMILES string of the molecule is O=C(NC(=S)Nc1cnc2ccc(Cl)cc2c1-c1ccccc1)c1ccccc1. The van der Waals surface area contributed by atoms with E-state index in [1.165, 1.54) is 0 Å². The summed E-state index contributed by atoms with van der Waals surface area (Å²) in [6.07, 6.45) is 1.71. The Morgan fingerprint density at radius 1 is 0.931 bits per heavy atom. The fourth-order valence-corrected chi connectivity index (χ4v) is 3.47. The lowest BCUT2D eigenvalue weighted by molar-refractivity contribution is 0.0977. The van der Waals surface area contributed by atoms with Crippen molar-refractivity contribution in [1.82, 2.24) is 10.3 Å². The highest BCUT2D eigenvalue weighted by atomic mass is 35.5. The maximum absolute atomic E-state index is 12.4. The second-order valence-electron chi connectivity index (χ2n) is 6.35. The van der Waals surface area contributed by atoms with Gasteiger partial charge < -0.3 is 5.32 Å².